The van der Waals surface area contributed by atoms with Crippen molar-refractivity contribution >= 4 is 23.4 Å². The minimum Gasteiger partial charge on any atom is -0.462 e. The summed E-state index contributed by atoms with van der Waals surface area (Å²) in [5.41, 5.74) is -1.22. The Balaban J connectivity index is 2.65. The summed E-state index contributed by atoms with van der Waals surface area (Å²) in [6.45, 7) is 8.77. The average Bonchev–Trinajstić information content (AvgIpc) is 2.44. The minimum atomic E-state index is -1.01. The van der Waals surface area contributed by atoms with Crippen molar-refractivity contribution in [2.24, 2.45) is 10.8 Å². The number of esters is 1. The standard InChI is InChI=1S/C17H29ClO5/c1-16(2,3)15(21)22-10-11(19)12-9-13(20)17(4,5)14(23-12)7-6-8-18/h11-12,14,19H,6-10H2,1-5H3/t11-,12+,14-/m1/s1. The first-order chi connectivity index (χ1) is 10.5. The lowest BCUT2D eigenvalue weighted by atomic mass is 9.75. The summed E-state index contributed by atoms with van der Waals surface area (Å²) in [6, 6.07) is 0. The van der Waals surface area contributed by atoms with Gasteiger partial charge in [-0.25, -0.2) is 0 Å². The number of aliphatic hydroxyl groups is 1. The van der Waals surface area contributed by atoms with Crippen LogP contribution in [0.1, 0.15) is 53.9 Å². The highest BCUT2D eigenvalue weighted by molar-refractivity contribution is 6.17. The second kappa shape index (κ2) is 7.95. The fraction of sp³-hybridized carbons (Fsp3) is 0.882. The molecule has 6 heteroatoms. The molecule has 3 atom stereocenters. The van der Waals surface area contributed by atoms with Crippen LogP contribution in [0.5, 0.6) is 0 Å². The summed E-state index contributed by atoms with van der Waals surface area (Å²) in [7, 11) is 0. The molecule has 23 heavy (non-hydrogen) atoms. The molecular weight excluding hydrogens is 320 g/mol. The van der Waals surface area contributed by atoms with Crippen LogP contribution >= 0.6 is 11.6 Å². The molecule has 0 aliphatic carbocycles. The Morgan fingerprint density at radius 3 is 2.61 bits per heavy atom. The van der Waals surface area contributed by atoms with E-state index in [1.807, 2.05) is 13.8 Å². The Labute approximate surface area is 143 Å². The van der Waals surface area contributed by atoms with Crippen LogP contribution < -0.4 is 0 Å². The maximum absolute atomic E-state index is 12.4. The van der Waals surface area contributed by atoms with Gasteiger partial charge in [-0.3, -0.25) is 9.59 Å². The molecule has 0 saturated carbocycles. The van der Waals surface area contributed by atoms with Crippen LogP contribution in [0.4, 0.5) is 0 Å². The van der Waals surface area contributed by atoms with E-state index in [-0.39, 0.29) is 24.9 Å². The Hall–Kier alpha value is -0.650. The maximum Gasteiger partial charge on any atom is 0.311 e. The zero-order chi connectivity index (χ0) is 17.8. The van der Waals surface area contributed by atoms with Crippen LogP contribution in [0, 0.1) is 10.8 Å². The molecule has 0 bridgehead atoms. The van der Waals surface area contributed by atoms with Crippen LogP contribution in [0.2, 0.25) is 0 Å². The molecule has 0 radical (unpaired) electrons. The Bertz CT molecular complexity index is 427. The van der Waals surface area contributed by atoms with Gasteiger partial charge in [-0.15, -0.1) is 11.6 Å². The minimum absolute atomic E-state index is 0.0505. The van der Waals surface area contributed by atoms with E-state index in [0.29, 0.717) is 12.3 Å². The molecule has 1 saturated heterocycles. The molecule has 1 fully saturated rings. The summed E-state index contributed by atoms with van der Waals surface area (Å²) in [5.74, 6) is 0.160. The number of ether oxygens (including phenoxy) is 2. The molecule has 1 aliphatic rings. The maximum atomic E-state index is 12.4. The number of carbonyl (C=O) groups is 2. The molecular formula is C17H29ClO5. The summed E-state index contributed by atoms with van der Waals surface area (Å²) < 4.78 is 11.1. The number of hydrogen-bond acceptors (Lipinski definition) is 5. The largest absolute Gasteiger partial charge is 0.462 e. The molecule has 0 aromatic rings. The molecule has 0 aromatic heterocycles. The van der Waals surface area contributed by atoms with Crippen molar-refractivity contribution in [2.75, 3.05) is 12.5 Å². The molecule has 0 spiro atoms. The van der Waals surface area contributed by atoms with Gasteiger partial charge in [0.25, 0.3) is 0 Å². The number of Topliss-reactive ketones (excluding diaryl/α,β-unsaturated/α-hetero) is 1. The van der Waals surface area contributed by atoms with E-state index in [0.717, 1.165) is 6.42 Å². The van der Waals surface area contributed by atoms with Crippen molar-refractivity contribution in [3.63, 3.8) is 0 Å². The van der Waals surface area contributed by atoms with Crippen molar-refractivity contribution in [2.45, 2.75) is 72.2 Å². The Morgan fingerprint density at radius 2 is 2.09 bits per heavy atom. The number of carbonyl (C=O) groups excluding carboxylic acids is 2. The van der Waals surface area contributed by atoms with Gasteiger partial charge in [-0.05, 0) is 33.6 Å². The third-order valence-electron chi connectivity index (χ3n) is 4.28. The number of rotatable bonds is 6. The first kappa shape index (κ1) is 20.4. The van der Waals surface area contributed by atoms with E-state index in [4.69, 9.17) is 21.1 Å². The summed E-state index contributed by atoms with van der Waals surface area (Å²) >= 11 is 5.73. The van der Waals surface area contributed by atoms with Gasteiger partial charge in [0.1, 0.15) is 18.5 Å². The van der Waals surface area contributed by atoms with Crippen molar-refractivity contribution in [3.05, 3.63) is 0 Å². The van der Waals surface area contributed by atoms with Crippen molar-refractivity contribution in [1.82, 2.24) is 0 Å². The van der Waals surface area contributed by atoms with E-state index < -0.39 is 29.0 Å². The van der Waals surface area contributed by atoms with Crippen LogP contribution in [0.3, 0.4) is 0 Å². The van der Waals surface area contributed by atoms with E-state index >= 15 is 0 Å². The summed E-state index contributed by atoms with van der Waals surface area (Å²) in [6.07, 6.45) is -0.430. The highest BCUT2D eigenvalue weighted by Crippen LogP contribution is 2.36. The lowest BCUT2D eigenvalue weighted by molar-refractivity contribution is -0.182. The van der Waals surface area contributed by atoms with Crippen LogP contribution in [0.15, 0.2) is 0 Å². The van der Waals surface area contributed by atoms with Crippen LogP contribution in [-0.2, 0) is 19.1 Å². The van der Waals surface area contributed by atoms with Gasteiger partial charge in [-0.1, -0.05) is 13.8 Å². The molecule has 1 heterocycles. The third kappa shape index (κ3) is 5.44. The SMILES string of the molecule is CC(C)(C)C(=O)OC[C@@H](O)[C@@H]1CC(=O)C(C)(C)[C@@H](CCCCl)O1. The van der Waals surface area contributed by atoms with E-state index in [9.17, 15) is 14.7 Å². The fourth-order valence-electron chi connectivity index (χ4n) is 2.46. The number of hydrogen-bond donors (Lipinski definition) is 1. The molecule has 134 valence electrons. The normalized spacial score (nSPS) is 26.0. The number of halogens is 1. The third-order valence-corrected chi connectivity index (χ3v) is 4.54. The van der Waals surface area contributed by atoms with Crippen molar-refractivity contribution < 1.29 is 24.2 Å². The van der Waals surface area contributed by atoms with Gasteiger partial charge in [0.2, 0.25) is 0 Å². The summed E-state index contributed by atoms with van der Waals surface area (Å²) in [5, 5.41) is 10.2. The lowest BCUT2D eigenvalue weighted by Crippen LogP contribution is -2.52. The molecule has 1 N–H and O–H groups in total. The highest BCUT2D eigenvalue weighted by atomic mass is 35.5. The van der Waals surface area contributed by atoms with Gasteiger partial charge in [-0.2, -0.15) is 0 Å². The van der Waals surface area contributed by atoms with Crippen LogP contribution in [0.25, 0.3) is 0 Å². The zero-order valence-corrected chi connectivity index (χ0v) is 15.5. The van der Waals surface area contributed by atoms with E-state index in [1.54, 1.807) is 20.8 Å². The monoisotopic (exact) mass is 348 g/mol. The van der Waals surface area contributed by atoms with E-state index in [2.05, 4.69) is 0 Å². The van der Waals surface area contributed by atoms with Gasteiger partial charge >= 0.3 is 5.97 Å². The number of aliphatic hydroxyl groups excluding tert-OH is 1. The van der Waals surface area contributed by atoms with Crippen molar-refractivity contribution in [3.8, 4) is 0 Å². The zero-order valence-electron chi connectivity index (χ0n) is 14.7. The van der Waals surface area contributed by atoms with Gasteiger partial charge in [0.05, 0.1) is 17.6 Å². The smallest absolute Gasteiger partial charge is 0.311 e. The predicted molar refractivity (Wildman–Crippen MR) is 88.4 cm³/mol. The second-order valence-corrected chi connectivity index (χ2v) is 8.14. The second-order valence-electron chi connectivity index (χ2n) is 7.76. The quantitative estimate of drug-likeness (QED) is 0.590. The molecule has 1 rings (SSSR count). The predicted octanol–water partition coefficient (Wildman–Crippen LogP) is 2.71. The first-order valence-electron chi connectivity index (χ1n) is 8.10. The fourth-order valence-corrected chi connectivity index (χ4v) is 2.61. The first-order valence-corrected chi connectivity index (χ1v) is 8.63. The summed E-state index contributed by atoms with van der Waals surface area (Å²) in [4.78, 5) is 24.1. The van der Waals surface area contributed by atoms with Gasteiger partial charge < -0.3 is 14.6 Å². The van der Waals surface area contributed by atoms with E-state index in [1.165, 1.54) is 0 Å². The van der Waals surface area contributed by atoms with Crippen molar-refractivity contribution in [1.29, 1.82) is 0 Å². The molecule has 5 nitrogen and oxygen atoms in total. The number of ketones is 1. The molecule has 1 aliphatic heterocycles. The Kier molecular flexibility index (Phi) is 7.05. The van der Waals surface area contributed by atoms with Gasteiger partial charge in [0.15, 0.2) is 0 Å². The lowest BCUT2D eigenvalue weighted by Gasteiger charge is -2.42. The van der Waals surface area contributed by atoms with Gasteiger partial charge in [0, 0.05) is 17.7 Å². The highest BCUT2D eigenvalue weighted by Gasteiger charge is 2.45. The number of alkyl halides is 1. The molecule has 0 aromatic carbocycles. The van der Waals surface area contributed by atoms with Crippen LogP contribution in [-0.4, -0.2) is 47.7 Å². The molecule has 0 amide bonds. The Morgan fingerprint density at radius 1 is 1.48 bits per heavy atom. The topological polar surface area (TPSA) is 72.8 Å². The average molecular weight is 349 g/mol. The molecule has 0 unspecified atom stereocenters.